The first-order valence-electron chi connectivity index (χ1n) is 6.28. The number of thiophene rings is 1. The molecule has 2 aromatic rings. The Kier molecular flexibility index (Phi) is 3.14. The molecule has 1 aliphatic heterocycles. The van der Waals surface area contributed by atoms with E-state index in [0.717, 1.165) is 0 Å². The molecule has 1 aromatic carbocycles. The molecule has 0 spiro atoms. The number of rotatable bonds is 3. The van der Waals surface area contributed by atoms with Crippen LogP contribution in [-0.2, 0) is 12.8 Å². The topological polar surface area (TPSA) is 12.0 Å². The first-order valence-corrected chi connectivity index (χ1v) is 7.16. The SMILES string of the molecule is c1csc(CCC2CCc3ccccc3N2)c1. The maximum Gasteiger partial charge on any atom is 0.0374 e. The third-order valence-electron chi connectivity index (χ3n) is 3.46. The fraction of sp³-hybridized carbons (Fsp3) is 0.333. The second kappa shape index (κ2) is 4.92. The predicted octanol–water partition coefficient (Wildman–Crippen LogP) is 4.11. The molecule has 0 aliphatic carbocycles. The van der Waals surface area contributed by atoms with Gasteiger partial charge in [-0.25, -0.2) is 0 Å². The van der Waals surface area contributed by atoms with E-state index in [0.29, 0.717) is 6.04 Å². The highest BCUT2D eigenvalue weighted by molar-refractivity contribution is 7.09. The van der Waals surface area contributed by atoms with Crippen molar-refractivity contribution in [2.45, 2.75) is 31.7 Å². The monoisotopic (exact) mass is 243 g/mol. The molecule has 0 fully saturated rings. The highest BCUT2D eigenvalue weighted by atomic mass is 32.1. The van der Waals surface area contributed by atoms with Crippen LogP contribution in [0, 0.1) is 0 Å². The van der Waals surface area contributed by atoms with Crippen molar-refractivity contribution in [1.82, 2.24) is 0 Å². The number of para-hydroxylation sites is 1. The van der Waals surface area contributed by atoms with Crippen LogP contribution in [0.25, 0.3) is 0 Å². The minimum atomic E-state index is 0.645. The van der Waals surface area contributed by atoms with Crippen LogP contribution in [0.1, 0.15) is 23.3 Å². The third kappa shape index (κ3) is 2.52. The number of hydrogen-bond donors (Lipinski definition) is 1. The van der Waals surface area contributed by atoms with Crippen molar-refractivity contribution < 1.29 is 0 Å². The lowest BCUT2D eigenvalue weighted by molar-refractivity contribution is 0.589. The summed E-state index contributed by atoms with van der Waals surface area (Å²) in [6.45, 7) is 0. The highest BCUT2D eigenvalue weighted by Crippen LogP contribution is 2.26. The molecule has 2 heterocycles. The fourth-order valence-corrected chi connectivity index (χ4v) is 3.21. The molecule has 0 saturated carbocycles. The van der Waals surface area contributed by atoms with Crippen LogP contribution in [0.4, 0.5) is 5.69 Å². The number of aryl methyl sites for hydroxylation is 2. The Morgan fingerprint density at radius 1 is 1.18 bits per heavy atom. The smallest absolute Gasteiger partial charge is 0.0374 e. The van der Waals surface area contributed by atoms with Gasteiger partial charge >= 0.3 is 0 Å². The molecular formula is C15H17NS. The number of benzene rings is 1. The fourth-order valence-electron chi connectivity index (χ4n) is 2.49. The molecule has 1 nitrogen and oxygen atoms in total. The molecule has 1 unspecified atom stereocenters. The molecule has 1 atom stereocenters. The van der Waals surface area contributed by atoms with Crippen molar-refractivity contribution in [2.24, 2.45) is 0 Å². The van der Waals surface area contributed by atoms with Crippen molar-refractivity contribution in [2.75, 3.05) is 5.32 Å². The van der Waals surface area contributed by atoms with Crippen LogP contribution in [0.3, 0.4) is 0 Å². The van der Waals surface area contributed by atoms with Gasteiger partial charge in [0.05, 0.1) is 0 Å². The zero-order chi connectivity index (χ0) is 11.5. The average molecular weight is 243 g/mol. The first kappa shape index (κ1) is 10.8. The van der Waals surface area contributed by atoms with Crippen LogP contribution in [0.15, 0.2) is 41.8 Å². The molecule has 1 aromatic heterocycles. The van der Waals surface area contributed by atoms with Crippen LogP contribution < -0.4 is 5.32 Å². The highest BCUT2D eigenvalue weighted by Gasteiger charge is 2.16. The van der Waals surface area contributed by atoms with Crippen molar-refractivity contribution in [3.8, 4) is 0 Å². The zero-order valence-electron chi connectivity index (χ0n) is 9.86. The van der Waals surface area contributed by atoms with Crippen LogP contribution >= 0.6 is 11.3 Å². The van der Waals surface area contributed by atoms with Crippen molar-refractivity contribution in [3.63, 3.8) is 0 Å². The molecular weight excluding hydrogens is 226 g/mol. The third-order valence-corrected chi connectivity index (χ3v) is 4.39. The van der Waals surface area contributed by atoms with E-state index in [1.165, 1.54) is 41.8 Å². The maximum atomic E-state index is 3.66. The molecule has 3 rings (SSSR count). The quantitative estimate of drug-likeness (QED) is 0.855. The molecule has 0 bridgehead atoms. The van der Waals surface area contributed by atoms with Gasteiger partial charge < -0.3 is 5.32 Å². The van der Waals surface area contributed by atoms with E-state index in [2.05, 4.69) is 47.1 Å². The van der Waals surface area contributed by atoms with Crippen LogP contribution in [0.2, 0.25) is 0 Å². The molecule has 1 aliphatic rings. The average Bonchev–Trinajstić information content (AvgIpc) is 2.89. The summed E-state index contributed by atoms with van der Waals surface area (Å²) in [7, 11) is 0. The summed E-state index contributed by atoms with van der Waals surface area (Å²) in [4.78, 5) is 1.51. The largest absolute Gasteiger partial charge is 0.382 e. The van der Waals surface area contributed by atoms with Gasteiger partial charge in [-0.05, 0) is 48.8 Å². The number of anilines is 1. The van der Waals surface area contributed by atoms with Gasteiger partial charge in [0, 0.05) is 16.6 Å². The van der Waals surface area contributed by atoms with Gasteiger partial charge in [0.25, 0.3) is 0 Å². The normalized spacial score (nSPS) is 18.5. The maximum absolute atomic E-state index is 3.66. The van der Waals surface area contributed by atoms with Crippen LogP contribution in [0.5, 0.6) is 0 Å². The van der Waals surface area contributed by atoms with Gasteiger partial charge in [-0.3, -0.25) is 0 Å². The Balaban J connectivity index is 1.61. The molecule has 2 heteroatoms. The van der Waals surface area contributed by atoms with Gasteiger partial charge in [0.15, 0.2) is 0 Å². The Morgan fingerprint density at radius 3 is 3.00 bits per heavy atom. The molecule has 0 saturated heterocycles. The summed E-state index contributed by atoms with van der Waals surface area (Å²) in [6.07, 6.45) is 4.94. The van der Waals surface area contributed by atoms with E-state index in [1.807, 2.05) is 11.3 Å². The van der Waals surface area contributed by atoms with E-state index < -0.39 is 0 Å². The molecule has 1 N–H and O–H groups in total. The molecule has 17 heavy (non-hydrogen) atoms. The van der Waals surface area contributed by atoms with E-state index in [1.54, 1.807) is 0 Å². The summed E-state index contributed by atoms with van der Waals surface area (Å²) in [5, 5.41) is 5.83. The summed E-state index contributed by atoms with van der Waals surface area (Å²) >= 11 is 1.87. The van der Waals surface area contributed by atoms with Crippen molar-refractivity contribution in [3.05, 3.63) is 52.2 Å². The van der Waals surface area contributed by atoms with Gasteiger partial charge in [0.1, 0.15) is 0 Å². The Bertz CT molecular complexity index is 475. The van der Waals surface area contributed by atoms with E-state index >= 15 is 0 Å². The van der Waals surface area contributed by atoms with E-state index in [-0.39, 0.29) is 0 Å². The van der Waals surface area contributed by atoms with Gasteiger partial charge in [-0.2, -0.15) is 0 Å². The zero-order valence-corrected chi connectivity index (χ0v) is 10.7. The summed E-state index contributed by atoms with van der Waals surface area (Å²) in [5.74, 6) is 0. The minimum Gasteiger partial charge on any atom is -0.382 e. The van der Waals surface area contributed by atoms with E-state index in [4.69, 9.17) is 0 Å². The lowest BCUT2D eigenvalue weighted by atomic mass is 9.95. The van der Waals surface area contributed by atoms with E-state index in [9.17, 15) is 0 Å². The summed E-state index contributed by atoms with van der Waals surface area (Å²) < 4.78 is 0. The Hall–Kier alpha value is -1.28. The van der Waals surface area contributed by atoms with Gasteiger partial charge in [0.2, 0.25) is 0 Å². The summed E-state index contributed by atoms with van der Waals surface area (Å²) in [5.41, 5.74) is 2.81. The number of nitrogens with one attached hydrogen (secondary N) is 1. The number of hydrogen-bond acceptors (Lipinski definition) is 2. The standard InChI is InChI=1S/C15H17NS/c1-2-6-15-12(4-1)7-8-13(16-15)9-10-14-5-3-11-17-14/h1-6,11,13,16H,7-10H2. The van der Waals surface area contributed by atoms with Gasteiger partial charge in [-0.15, -0.1) is 11.3 Å². The Morgan fingerprint density at radius 2 is 2.12 bits per heavy atom. The Labute approximate surface area is 106 Å². The number of fused-ring (bicyclic) bond motifs is 1. The van der Waals surface area contributed by atoms with Crippen LogP contribution in [-0.4, -0.2) is 6.04 Å². The van der Waals surface area contributed by atoms with Gasteiger partial charge in [-0.1, -0.05) is 24.3 Å². The molecule has 0 radical (unpaired) electrons. The second-order valence-corrected chi connectivity index (χ2v) is 5.69. The predicted molar refractivity (Wildman–Crippen MR) is 74.8 cm³/mol. The molecule has 0 amide bonds. The van der Waals surface area contributed by atoms with Crippen molar-refractivity contribution >= 4 is 17.0 Å². The minimum absolute atomic E-state index is 0.645. The molecule has 88 valence electrons. The lowest BCUT2D eigenvalue weighted by Crippen LogP contribution is -2.25. The first-order chi connectivity index (χ1) is 8.42. The lowest BCUT2D eigenvalue weighted by Gasteiger charge is -2.26. The summed E-state index contributed by atoms with van der Waals surface area (Å²) in [6, 6.07) is 13.7. The van der Waals surface area contributed by atoms with Crippen molar-refractivity contribution in [1.29, 1.82) is 0 Å². The second-order valence-electron chi connectivity index (χ2n) is 4.66.